The first-order valence-electron chi connectivity index (χ1n) is 11.7. The van der Waals surface area contributed by atoms with Crippen molar-refractivity contribution in [3.63, 3.8) is 0 Å². The maximum atomic E-state index is 13.6. The first kappa shape index (κ1) is 24.0. The summed E-state index contributed by atoms with van der Waals surface area (Å²) >= 11 is 5.94. The third-order valence-corrected chi connectivity index (χ3v) is 6.56. The van der Waals surface area contributed by atoms with Crippen LogP contribution in [0.2, 0.25) is 5.02 Å². The SMILES string of the molecule is CCC[C@H](NC(=O)C1(NC(=O)c2ccc(Cl)cc2)CCCCC1)C(=O)c1nc2ccccc2o1. The van der Waals surface area contributed by atoms with Crippen LogP contribution >= 0.6 is 11.6 Å². The molecule has 1 heterocycles. The van der Waals surface area contributed by atoms with Gasteiger partial charge in [-0.05, 0) is 55.7 Å². The molecule has 8 heteroatoms. The average molecular weight is 482 g/mol. The van der Waals surface area contributed by atoms with E-state index in [2.05, 4.69) is 15.6 Å². The van der Waals surface area contributed by atoms with Crippen LogP contribution in [0.15, 0.2) is 52.9 Å². The molecule has 1 saturated carbocycles. The molecule has 4 rings (SSSR count). The fraction of sp³-hybridized carbons (Fsp3) is 0.385. The molecular formula is C26H28ClN3O4. The Morgan fingerprint density at radius 2 is 1.76 bits per heavy atom. The van der Waals surface area contributed by atoms with Crippen LogP contribution in [0.25, 0.3) is 11.1 Å². The molecule has 0 spiro atoms. The summed E-state index contributed by atoms with van der Waals surface area (Å²) in [7, 11) is 0. The van der Waals surface area contributed by atoms with Gasteiger partial charge in [0, 0.05) is 10.6 Å². The molecule has 34 heavy (non-hydrogen) atoms. The number of halogens is 1. The second-order valence-electron chi connectivity index (χ2n) is 8.77. The van der Waals surface area contributed by atoms with E-state index >= 15 is 0 Å². The Labute approximate surface area is 203 Å². The molecule has 0 unspecified atom stereocenters. The lowest BCUT2D eigenvalue weighted by Crippen LogP contribution is -2.62. The number of benzene rings is 2. The monoisotopic (exact) mass is 481 g/mol. The molecule has 0 radical (unpaired) electrons. The van der Waals surface area contributed by atoms with Gasteiger partial charge in [-0.25, -0.2) is 4.98 Å². The van der Waals surface area contributed by atoms with Gasteiger partial charge in [-0.15, -0.1) is 0 Å². The van der Waals surface area contributed by atoms with Crippen molar-refractivity contribution in [1.82, 2.24) is 15.6 Å². The lowest BCUT2D eigenvalue weighted by Gasteiger charge is -2.37. The van der Waals surface area contributed by atoms with Crippen LogP contribution < -0.4 is 10.6 Å². The van der Waals surface area contributed by atoms with Crippen molar-refractivity contribution >= 4 is 40.3 Å². The third kappa shape index (κ3) is 5.14. The Morgan fingerprint density at radius 1 is 1.06 bits per heavy atom. The smallest absolute Gasteiger partial charge is 0.266 e. The summed E-state index contributed by atoms with van der Waals surface area (Å²) in [6.45, 7) is 1.94. The standard InChI is InChI=1S/C26H28ClN3O4/c1-2-8-20(22(31)24-28-19-9-4-5-10-21(19)34-24)29-25(33)26(15-6-3-7-16-26)30-23(32)17-11-13-18(27)14-12-17/h4-5,9-14,20H,2-3,6-8,15-16H2,1H3,(H,29,33)(H,30,32)/t20-/m0/s1. The summed E-state index contributed by atoms with van der Waals surface area (Å²) in [4.78, 5) is 44.1. The van der Waals surface area contributed by atoms with Crippen molar-refractivity contribution in [3.8, 4) is 0 Å². The maximum absolute atomic E-state index is 13.6. The van der Waals surface area contributed by atoms with Gasteiger partial charge in [0.2, 0.25) is 11.7 Å². The Morgan fingerprint density at radius 3 is 2.44 bits per heavy atom. The van der Waals surface area contributed by atoms with Crippen LogP contribution in [0.3, 0.4) is 0 Å². The van der Waals surface area contributed by atoms with Gasteiger partial charge in [0.15, 0.2) is 5.58 Å². The number of hydrogen-bond donors (Lipinski definition) is 2. The number of rotatable bonds is 8. The minimum atomic E-state index is -1.08. The van der Waals surface area contributed by atoms with Crippen molar-refractivity contribution < 1.29 is 18.8 Å². The van der Waals surface area contributed by atoms with Gasteiger partial charge in [-0.2, -0.15) is 0 Å². The quantitative estimate of drug-likeness (QED) is 0.437. The van der Waals surface area contributed by atoms with E-state index in [1.165, 1.54) is 0 Å². The first-order chi connectivity index (χ1) is 16.4. The van der Waals surface area contributed by atoms with Crippen molar-refractivity contribution in [3.05, 3.63) is 65.0 Å². The van der Waals surface area contributed by atoms with Gasteiger partial charge in [-0.1, -0.05) is 56.3 Å². The minimum Gasteiger partial charge on any atom is -0.434 e. The molecule has 3 aromatic rings. The number of Topliss-reactive ketones (excluding diaryl/α,β-unsaturated/α-hetero) is 1. The number of ketones is 1. The second-order valence-corrected chi connectivity index (χ2v) is 9.21. The molecule has 1 aromatic heterocycles. The van der Waals surface area contributed by atoms with E-state index in [4.69, 9.17) is 16.0 Å². The summed E-state index contributed by atoms with van der Waals surface area (Å²) in [6, 6.07) is 12.9. The van der Waals surface area contributed by atoms with E-state index in [0.29, 0.717) is 47.4 Å². The highest BCUT2D eigenvalue weighted by atomic mass is 35.5. The Balaban J connectivity index is 1.55. The highest BCUT2D eigenvalue weighted by Crippen LogP contribution is 2.30. The van der Waals surface area contributed by atoms with E-state index in [1.54, 1.807) is 36.4 Å². The van der Waals surface area contributed by atoms with Crippen molar-refractivity contribution in [2.45, 2.75) is 63.5 Å². The van der Waals surface area contributed by atoms with Crippen molar-refractivity contribution in [1.29, 1.82) is 0 Å². The number of amides is 2. The lowest BCUT2D eigenvalue weighted by molar-refractivity contribution is -0.129. The zero-order valence-electron chi connectivity index (χ0n) is 19.1. The molecule has 7 nitrogen and oxygen atoms in total. The van der Waals surface area contributed by atoms with Crippen LogP contribution in [0, 0.1) is 0 Å². The van der Waals surface area contributed by atoms with Crippen LogP contribution in [0.5, 0.6) is 0 Å². The van der Waals surface area contributed by atoms with E-state index < -0.39 is 11.6 Å². The molecule has 0 bridgehead atoms. The van der Waals surface area contributed by atoms with Crippen LogP contribution in [0.4, 0.5) is 0 Å². The number of carbonyl (C=O) groups is 3. The molecule has 1 fully saturated rings. The van der Waals surface area contributed by atoms with Gasteiger partial charge in [0.05, 0.1) is 6.04 Å². The molecule has 1 aliphatic rings. The Bertz CT molecular complexity index is 1150. The molecule has 1 aliphatic carbocycles. The predicted molar refractivity (Wildman–Crippen MR) is 130 cm³/mol. The first-order valence-corrected chi connectivity index (χ1v) is 12.1. The van der Waals surface area contributed by atoms with Crippen molar-refractivity contribution in [2.75, 3.05) is 0 Å². The molecule has 0 aliphatic heterocycles. The topological polar surface area (TPSA) is 101 Å². The minimum absolute atomic E-state index is 0.0251. The summed E-state index contributed by atoms with van der Waals surface area (Å²) < 4.78 is 5.65. The highest BCUT2D eigenvalue weighted by Gasteiger charge is 2.42. The Kier molecular flexibility index (Phi) is 7.32. The number of aromatic nitrogens is 1. The van der Waals surface area contributed by atoms with Crippen molar-refractivity contribution in [2.24, 2.45) is 0 Å². The van der Waals surface area contributed by atoms with Crippen LogP contribution in [0.1, 0.15) is 72.9 Å². The number of nitrogens with one attached hydrogen (secondary N) is 2. The normalized spacial score (nSPS) is 16.1. The zero-order valence-corrected chi connectivity index (χ0v) is 19.9. The van der Waals surface area contributed by atoms with Gasteiger partial charge >= 0.3 is 0 Å². The van der Waals surface area contributed by atoms with Gasteiger partial charge in [0.1, 0.15) is 11.1 Å². The summed E-state index contributed by atoms with van der Waals surface area (Å²) in [5.74, 6) is -1.09. The third-order valence-electron chi connectivity index (χ3n) is 6.30. The molecule has 2 N–H and O–H groups in total. The Hall–Kier alpha value is -3.19. The lowest BCUT2D eigenvalue weighted by atomic mass is 9.80. The largest absolute Gasteiger partial charge is 0.434 e. The highest BCUT2D eigenvalue weighted by molar-refractivity contribution is 6.30. The molecule has 2 amide bonds. The number of hydrogen-bond acceptors (Lipinski definition) is 5. The van der Waals surface area contributed by atoms with E-state index in [-0.39, 0.29) is 23.5 Å². The summed E-state index contributed by atoms with van der Waals surface area (Å²) in [5, 5.41) is 6.41. The van der Waals surface area contributed by atoms with Gasteiger partial charge < -0.3 is 15.1 Å². The second kappa shape index (κ2) is 10.4. The summed E-state index contributed by atoms with van der Waals surface area (Å²) in [5.41, 5.74) is 0.454. The number of fused-ring (bicyclic) bond motifs is 1. The fourth-order valence-corrected chi connectivity index (χ4v) is 4.56. The number of para-hydroxylation sites is 2. The van der Waals surface area contributed by atoms with E-state index in [9.17, 15) is 14.4 Å². The molecular weight excluding hydrogens is 454 g/mol. The maximum Gasteiger partial charge on any atom is 0.266 e. The fourth-order valence-electron chi connectivity index (χ4n) is 4.44. The van der Waals surface area contributed by atoms with E-state index in [0.717, 1.165) is 19.3 Å². The van der Waals surface area contributed by atoms with Gasteiger partial charge in [-0.3, -0.25) is 14.4 Å². The number of oxazole rings is 1. The van der Waals surface area contributed by atoms with E-state index in [1.807, 2.05) is 19.1 Å². The average Bonchev–Trinajstić information content (AvgIpc) is 3.28. The number of carbonyl (C=O) groups excluding carboxylic acids is 3. The molecule has 0 saturated heterocycles. The van der Waals surface area contributed by atoms with Crippen LogP contribution in [-0.4, -0.2) is 34.2 Å². The molecule has 2 aromatic carbocycles. The predicted octanol–water partition coefficient (Wildman–Crippen LogP) is 5.08. The van der Waals surface area contributed by atoms with Crippen LogP contribution in [-0.2, 0) is 4.79 Å². The number of nitrogens with zero attached hydrogens (tertiary/aromatic N) is 1. The molecule has 178 valence electrons. The zero-order chi connectivity index (χ0) is 24.1. The summed E-state index contributed by atoms with van der Waals surface area (Å²) in [6.07, 6.45) is 4.75. The van der Waals surface area contributed by atoms with Gasteiger partial charge in [0.25, 0.3) is 11.8 Å². The molecule has 1 atom stereocenters.